The zero-order valence-corrected chi connectivity index (χ0v) is 16.8. The van der Waals surface area contributed by atoms with Gasteiger partial charge >= 0.3 is 151 Å². The molecule has 0 aromatic rings. The van der Waals surface area contributed by atoms with Crippen molar-refractivity contribution < 1.29 is 35.5 Å². The van der Waals surface area contributed by atoms with Crippen molar-refractivity contribution in [2.75, 3.05) is 17.6 Å². The maximum atomic E-state index is 12.7. The van der Waals surface area contributed by atoms with Crippen molar-refractivity contribution in [1.82, 2.24) is 0 Å². The number of carbonyl (C=O) groups is 1. The molecule has 0 aromatic carbocycles. The van der Waals surface area contributed by atoms with Gasteiger partial charge in [0.05, 0.1) is 0 Å². The second-order valence-electron chi connectivity index (χ2n) is 7.23. The summed E-state index contributed by atoms with van der Waals surface area (Å²) in [4.78, 5) is 12.7. The first-order valence-electron chi connectivity index (χ1n) is 8.13. The molecule has 120 valence electrons. The first-order valence-corrected chi connectivity index (χ1v) is 12.0. The van der Waals surface area contributed by atoms with E-state index in [1.165, 1.54) is 23.7 Å². The van der Waals surface area contributed by atoms with E-state index in [9.17, 15) is 4.79 Å². The Balaban J connectivity index is 1.40. The fourth-order valence-electron chi connectivity index (χ4n) is 4.76. The van der Waals surface area contributed by atoms with Crippen LogP contribution in [-0.4, -0.2) is 37.1 Å². The summed E-state index contributed by atoms with van der Waals surface area (Å²) in [6.45, 7) is 4.03. The van der Waals surface area contributed by atoms with Crippen molar-refractivity contribution in [2.45, 2.75) is 52.5 Å². The van der Waals surface area contributed by atoms with E-state index >= 15 is 0 Å². The van der Waals surface area contributed by atoms with Crippen molar-refractivity contribution in [3.63, 3.8) is 0 Å². The Bertz CT molecular complexity index is 445. The molecule has 0 amide bonds. The molecule has 5 heteroatoms. The van der Waals surface area contributed by atoms with E-state index < -0.39 is 0 Å². The van der Waals surface area contributed by atoms with E-state index in [0.717, 1.165) is 32.0 Å². The number of rotatable bonds is 4. The van der Waals surface area contributed by atoms with Gasteiger partial charge in [-0.2, -0.15) is 0 Å². The average Bonchev–Trinajstić information content (AvgIpc) is 3.00. The van der Waals surface area contributed by atoms with Gasteiger partial charge in [-0.15, -0.1) is 0 Å². The van der Waals surface area contributed by atoms with Crippen LogP contribution >= 0.6 is 22.6 Å². The summed E-state index contributed by atoms with van der Waals surface area (Å²) in [5, 5.41) is 0. The topological polar surface area (TPSA) is 35.5 Å². The van der Waals surface area contributed by atoms with Crippen molar-refractivity contribution in [2.24, 2.45) is 17.3 Å². The Morgan fingerprint density at radius 3 is 2.86 bits per heavy atom. The number of halogens is 2. The molecule has 1 spiro atoms. The Labute approximate surface area is 150 Å². The number of ether oxygens (including phenoxy) is 2. The number of hydrogen-bond acceptors (Lipinski definition) is 3. The van der Waals surface area contributed by atoms with Crippen molar-refractivity contribution in [1.29, 1.82) is 0 Å². The van der Waals surface area contributed by atoms with E-state index in [1.54, 1.807) is 0 Å². The minimum absolute atomic E-state index is 0.0991. The first-order chi connectivity index (χ1) is 10.1. The summed E-state index contributed by atoms with van der Waals surface area (Å²) in [6, 6.07) is 0. The standard InChI is InChI=1S/C16H23I2O3/c1-2-16(17,13-8-18-13)14(19)21-12-6-11-5-10(12)7-15(11)3-4-20-9-15/h10-13H,2-9H2,1H3/q-1. The van der Waals surface area contributed by atoms with Gasteiger partial charge in [-0.05, 0) is 0 Å². The maximum absolute atomic E-state index is 12.7. The van der Waals surface area contributed by atoms with E-state index in [4.69, 9.17) is 9.47 Å². The van der Waals surface area contributed by atoms with Gasteiger partial charge in [0.15, 0.2) is 0 Å². The van der Waals surface area contributed by atoms with Crippen LogP contribution in [0.4, 0.5) is 0 Å². The molecule has 2 aliphatic carbocycles. The Morgan fingerprint density at radius 1 is 1.52 bits per heavy atom. The predicted molar refractivity (Wildman–Crippen MR) is 84.3 cm³/mol. The van der Waals surface area contributed by atoms with Crippen LogP contribution in [0, 0.1) is 17.3 Å². The molecule has 2 saturated heterocycles. The zero-order valence-electron chi connectivity index (χ0n) is 12.4. The molecule has 2 heterocycles. The third-order valence-electron chi connectivity index (χ3n) is 6.22. The van der Waals surface area contributed by atoms with Crippen molar-refractivity contribution >= 4 is 28.6 Å². The molecule has 0 aromatic heterocycles. The van der Waals surface area contributed by atoms with Crippen LogP contribution in [0.15, 0.2) is 0 Å². The third kappa shape index (κ3) is 2.47. The van der Waals surface area contributed by atoms with Gasteiger partial charge in [-0.3, -0.25) is 0 Å². The van der Waals surface area contributed by atoms with Gasteiger partial charge in [-0.25, -0.2) is 0 Å². The van der Waals surface area contributed by atoms with Crippen molar-refractivity contribution in [3.8, 4) is 0 Å². The quantitative estimate of drug-likeness (QED) is 0.295. The molecule has 6 atom stereocenters. The molecule has 6 unspecified atom stereocenters. The van der Waals surface area contributed by atoms with Gasteiger partial charge in [0.2, 0.25) is 0 Å². The molecule has 2 bridgehead atoms. The summed E-state index contributed by atoms with van der Waals surface area (Å²) in [5.41, 5.74) is 0.446. The molecule has 4 fully saturated rings. The van der Waals surface area contributed by atoms with Crippen molar-refractivity contribution in [3.05, 3.63) is 0 Å². The average molecular weight is 517 g/mol. The van der Waals surface area contributed by atoms with Gasteiger partial charge < -0.3 is 0 Å². The third-order valence-corrected chi connectivity index (χ3v) is 12.2. The second kappa shape index (κ2) is 5.46. The van der Waals surface area contributed by atoms with E-state index in [0.29, 0.717) is 15.3 Å². The van der Waals surface area contributed by atoms with Gasteiger partial charge in [0.25, 0.3) is 0 Å². The van der Waals surface area contributed by atoms with Gasteiger partial charge in [-0.1, -0.05) is 0 Å². The molecule has 21 heavy (non-hydrogen) atoms. The fraction of sp³-hybridized carbons (Fsp3) is 0.938. The van der Waals surface area contributed by atoms with E-state index in [-0.39, 0.29) is 36.7 Å². The number of esters is 1. The molecular formula is C16H23I2O3-. The monoisotopic (exact) mass is 517 g/mol. The SMILES string of the molecule is CCC(I)(C(=O)OC1CC2CC1CC21CCOC1)C1C[I-]1. The first kappa shape index (κ1) is 15.4. The zero-order chi connectivity index (χ0) is 14.7. The molecule has 0 N–H and O–H groups in total. The second-order valence-corrected chi connectivity index (χ2v) is 12.4. The molecule has 3 nitrogen and oxygen atoms in total. The Hall–Kier alpha value is 0.890. The van der Waals surface area contributed by atoms with Crippen LogP contribution in [0.1, 0.15) is 39.0 Å². The Morgan fingerprint density at radius 2 is 2.33 bits per heavy atom. The van der Waals surface area contributed by atoms with Crippen LogP contribution in [0.3, 0.4) is 0 Å². The number of alkyl halides is 3. The normalized spacial score (nSPS) is 47.1. The predicted octanol–water partition coefficient (Wildman–Crippen LogP) is -0.210. The van der Waals surface area contributed by atoms with Crippen LogP contribution in [0.5, 0.6) is 0 Å². The molecule has 0 radical (unpaired) electrons. The number of carbonyl (C=O) groups excluding carboxylic acids is 1. The summed E-state index contributed by atoms with van der Waals surface area (Å²) >= 11 is 2.68. The molecule has 2 aliphatic heterocycles. The summed E-state index contributed by atoms with van der Waals surface area (Å²) in [5.74, 6) is 1.44. The molecular weight excluding hydrogens is 494 g/mol. The van der Waals surface area contributed by atoms with Crippen LogP contribution in [0.2, 0.25) is 0 Å². The Kier molecular flexibility index (Phi) is 4.01. The van der Waals surface area contributed by atoms with Gasteiger partial charge in [0, 0.05) is 0 Å². The van der Waals surface area contributed by atoms with Gasteiger partial charge in [0.1, 0.15) is 0 Å². The van der Waals surface area contributed by atoms with E-state index in [1.807, 2.05) is 0 Å². The fourth-order valence-corrected chi connectivity index (χ4v) is 9.46. The minimum atomic E-state index is -0.207. The molecule has 4 rings (SSSR count). The van der Waals surface area contributed by atoms with Crippen LogP contribution in [-0.2, 0) is 14.3 Å². The molecule has 2 saturated carbocycles. The van der Waals surface area contributed by atoms with Crippen LogP contribution in [0.25, 0.3) is 0 Å². The summed E-state index contributed by atoms with van der Waals surface area (Å²) < 4.78 is 13.5. The van der Waals surface area contributed by atoms with Crippen LogP contribution < -0.4 is 21.2 Å². The number of hydrogen-bond donors (Lipinski definition) is 0. The van der Waals surface area contributed by atoms with E-state index in [2.05, 4.69) is 29.5 Å². The number of fused-ring (bicyclic) bond motifs is 3. The summed E-state index contributed by atoms with van der Waals surface area (Å²) in [6.07, 6.45) is 5.94. The summed E-state index contributed by atoms with van der Waals surface area (Å²) in [7, 11) is 0. The molecule has 4 aliphatic rings.